The summed E-state index contributed by atoms with van der Waals surface area (Å²) < 4.78 is 28.2. The first kappa shape index (κ1) is 30.6. The molecule has 0 radical (unpaired) electrons. The number of carbonyl (C=O) groups is 2. The van der Waals surface area contributed by atoms with E-state index in [1.165, 1.54) is 4.90 Å². The summed E-state index contributed by atoms with van der Waals surface area (Å²) in [5.41, 5.74) is 0.798. The Balaban J connectivity index is 1.41. The zero-order chi connectivity index (χ0) is 31.2. The molecule has 0 bridgehead atoms. The number of amides is 1. The van der Waals surface area contributed by atoms with E-state index in [0.717, 1.165) is 11.1 Å². The topological polar surface area (TPSA) is 145 Å². The number of rotatable bonds is 9. The van der Waals surface area contributed by atoms with Gasteiger partial charge in [-0.1, -0.05) is 60.7 Å². The largest absolute Gasteiger partial charge is 0.487 e. The van der Waals surface area contributed by atoms with Crippen molar-refractivity contribution in [1.82, 2.24) is 4.90 Å². The number of nitrogens with zero attached hydrogens (tertiary/aromatic N) is 1. The number of aryl methyl sites for hydroxylation is 1. The van der Waals surface area contributed by atoms with Gasteiger partial charge in [0.25, 0.3) is 0 Å². The van der Waals surface area contributed by atoms with Crippen molar-refractivity contribution in [2.45, 2.75) is 45.4 Å². The Hall–Kier alpha value is -4.87. The molecule has 1 aliphatic heterocycles. The zero-order valence-electron chi connectivity index (χ0n) is 24.3. The van der Waals surface area contributed by atoms with Crippen LogP contribution in [0.25, 0.3) is 11.0 Å². The van der Waals surface area contributed by atoms with Gasteiger partial charge in [-0.15, -0.1) is 0 Å². The number of ether oxygens (including phenoxy) is 4. The average molecular weight is 604 g/mol. The van der Waals surface area contributed by atoms with E-state index in [1.54, 1.807) is 26.0 Å². The molecule has 0 unspecified atom stereocenters. The summed E-state index contributed by atoms with van der Waals surface area (Å²) >= 11 is 0. The lowest BCUT2D eigenvalue weighted by atomic mass is 10.0. The third kappa shape index (κ3) is 6.69. The molecule has 2 N–H and O–H groups in total. The third-order valence-electron chi connectivity index (χ3n) is 7.26. The van der Waals surface area contributed by atoms with Gasteiger partial charge in [-0.25, -0.2) is 14.4 Å². The second kappa shape index (κ2) is 13.6. The van der Waals surface area contributed by atoms with E-state index < -0.39 is 36.0 Å². The van der Waals surface area contributed by atoms with Crippen molar-refractivity contribution in [3.8, 4) is 11.5 Å². The molecule has 0 spiro atoms. The highest BCUT2D eigenvalue weighted by atomic mass is 16.6. The monoisotopic (exact) mass is 603 g/mol. The van der Waals surface area contributed by atoms with Gasteiger partial charge in [0.15, 0.2) is 11.3 Å². The molecule has 3 atom stereocenters. The van der Waals surface area contributed by atoms with E-state index in [2.05, 4.69) is 0 Å². The van der Waals surface area contributed by atoms with E-state index in [9.17, 15) is 24.6 Å². The minimum atomic E-state index is -1.31. The SMILES string of the molecule is CCOC(=O)c1c(OCc2ccccc2)c2ccc(O[C@@H]3CN(C(=O)OCc4ccccc4)C[C@@H](O)[C@H]3O)c(C)c2oc1=O. The first-order valence-electron chi connectivity index (χ1n) is 14.2. The van der Waals surface area contributed by atoms with E-state index in [1.807, 2.05) is 60.7 Å². The van der Waals surface area contributed by atoms with Gasteiger partial charge in [0.05, 0.1) is 25.1 Å². The molecule has 4 aromatic rings. The van der Waals surface area contributed by atoms with Crippen LogP contribution in [-0.4, -0.2) is 65.2 Å². The standard InChI is InChI=1S/C33H33NO10/c1-3-40-31(37)27-30(41-18-21-10-6-4-7-11-21)23-14-15-25(20(2)29(23)44-32(27)38)43-26-17-34(16-24(35)28(26)36)33(39)42-19-22-12-8-5-9-13-22/h4-15,24,26,28,35-36H,3,16-19H2,1-2H3/t24-,26-,28-/m1/s1. The number of benzene rings is 3. The number of likely N-dealkylation sites (tertiary alicyclic amines) is 1. The summed E-state index contributed by atoms with van der Waals surface area (Å²) in [6.45, 7) is 3.23. The molecule has 1 aliphatic rings. The van der Waals surface area contributed by atoms with Crippen molar-refractivity contribution in [2.75, 3.05) is 19.7 Å². The number of aliphatic hydroxyl groups is 2. The molecular weight excluding hydrogens is 570 g/mol. The number of carbonyl (C=O) groups excluding carboxylic acids is 2. The van der Waals surface area contributed by atoms with Crippen molar-refractivity contribution in [2.24, 2.45) is 0 Å². The van der Waals surface area contributed by atoms with Gasteiger partial charge in [-0.05, 0) is 37.1 Å². The molecule has 44 heavy (non-hydrogen) atoms. The van der Waals surface area contributed by atoms with Gasteiger partial charge in [0.2, 0.25) is 0 Å². The van der Waals surface area contributed by atoms with Gasteiger partial charge in [-0.2, -0.15) is 0 Å². The van der Waals surface area contributed by atoms with Crippen molar-refractivity contribution < 1.29 is 43.2 Å². The molecule has 0 aliphatic carbocycles. The van der Waals surface area contributed by atoms with Crippen LogP contribution in [0, 0.1) is 6.92 Å². The van der Waals surface area contributed by atoms with Crippen LogP contribution in [-0.2, 0) is 22.7 Å². The van der Waals surface area contributed by atoms with Gasteiger partial charge in [0, 0.05) is 5.56 Å². The summed E-state index contributed by atoms with van der Waals surface area (Å²) in [6.07, 6.45) is -4.30. The minimum absolute atomic E-state index is 0.00802. The van der Waals surface area contributed by atoms with Gasteiger partial charge >= 0.3 is 17.7 Å². The summed E-state index contributed by atoms with van der Waals surface area (Å²) in [4.78, 5) is 39.9. The lowest BCUT2D eigenvalue weighted by molar-refractivity contribution is -0.0963. The molecule has 11 nitrogen and oxygen atoms in total. The van der Waals surface area contributed by atoms with E-state index in [0.29, 0.717) is 10.9 Å². The van der Waals surface area contributed by atoms with Crippen molar-refractivity contribution in [1.29, 1.82) is 0 Å². The lowest BCUT2D eigenvalue weighted by Crippen LogP contribution is -2.58. The smallest absolute Gasteiger partial charge is 0.410 e. The summed E-state index contributed by atoms with van der Waals surface area (Å²) in [5, 5.41) is 21.6. The van der Waals surface area contributed by atoms with Crippen LogP contribution in [0.1, 0.15) is 34.0 Å². The number of hydrogen-bond acceptors (Lipinski definition) is 10. The maximum Gasteiger partial charge on any atom is 0.410 e. The molecule has 230 valence electrons. The molecule has 1 amide bonds. The van der Waals surface area contributed by atoms with E-state index >= 15 is 0 Å². The van der Waals surface area contributed by atoms with Crippen LogP contribution in [0.5, 0.6) is 11.5 Å². The number of hydrogen-bond donors (Lipinski definition) is 2. The predicted molar refractivity (Wildman–Crippen MR) is 159 cm³/mol. The normalized spacial score (nSPS) is 18.1. The van der Waals surface area contributed by atoms with Crippen molar-refractivity contribution in [3.05, 3.63) is 105 Å². The maximum atomic E-state index is 13.1. The molecule has 11 heteroatoms. The quantitative estimate of drug-likeness (QED) is 0.213. The molecule has 5 rings (SSSR count). The second-order valence-corrected chi connectivity index (χ2v) is 10.3. The molecule has 0 saturated carbocycles. The van der Waals surface area contributed by atoms with Crippen LogP contribution in [0.15, 0.2) is 82.0 Å². The number of piperidine rings is 1. The number of β-amino-alcohol motifs (C(OH)–C–C–N with tert-alkyl or cyclic N) is 1. The second-order valence-electron chi connectivity index (χ2n) is 10.3. The van der Waals surface area contributed by atoms with E-state index in [4.69, 9.17) is 23.4 Å². The zero-order valence-corrected chi connectivity index (χ0v) is 24.3. The molecular formula is C33H33NO10. The Labute approximate surface area is 253 Å². The fourth-order valence-corrected chi connectivity index (χ4v) is 4.95. The number of fused-ring (bicyclic) bond motifs is 1. The molecule has 3 aromatic carbocycles. The Morgan fingerprint density at radius 1 is 0.909 bits per heavy atom. The van der Waals surface area contributed by atoms with Crippen LogP contribution in [0.2, 0.25) is 0 Å². The van der Waals surface area contributed by atoms with Crippen molar-refractivity contribution in [3.63, 3.8) is 0 Å². The predicted octanol–water partition coefficient (Wildman–Crippen LogP) is 3.98. The average Bonchev–Trinajstić information content (AvgIpc) is 3.03. The molecule has 2 heterocycles. The molecule has 1 fully saturated rings. The molecule has 1 saturated heterocycles. The first-order chi connectivity index (χ1) is 21.3. The van der Waals surface area contributed by atoms with Crippen LogP contribution >= 0.6 is 0 Å². The highest BCUT2D eigenvalue weighted by Crippen LogP contribution is 2.35. The van der Waals surface area contributed by atoms with Crippen LogP contribution in [0.4, 0.5) is 4.79 Å². The third-order valence-corrected chi connectivity index (χ3v) is 7.26. The summed E-state index contributed by atoms with van der Waals surface area (Å²) in [6, 6.07) is 21.6. The van der Waals surface area contributed by atoms with Crippen molar-refractivity contribution >= 4 is 23.0 Å². The van der Waals surface area contributed by atoms with Gasteiger partial charge < -0.3 is 38.5 Å². The Morgan fingerprint density at radius 2 is 1.57 bits per heavy atom. The highest BCUT2D eigenvalue weighted by molar-refractivity contribution is 5.99. The number of aliphatic hydroxyl groups excluding tert-OH is 2. The molecule has 1 aromatic heterocycles. The lowest BCUT2D eigenvalue weighted by Gasteiger charge is -2.38. The minimum Gasteiger partial charge on any atom is -0.487 e. The summed E-state index contributed by atoms with van der Waals surface area (Å²) in [7, 11) is 0. The van der Waals surface area contributed by atoms with E-state index in [-0.39, 0.29) is 55.6 Å². The van der Waals surface area contributed by atoms with Gasteiger partial charge in [-0.3, -0.25) is 0 Å². The fraction of sp³-hybridized carbons (Fsp3) is 0.303. The Kier molecular flexibility index (Phi) is 9.47. The van der Waals surface area contributed by atoms with Gasteiger partial charge in [0.1, 0.15) is 42.9 Å². The van der Waals surface area contributed by atoms with Crippen LogP contribution in [0.3, 0.4) is 0 Å². The fourth-order valence-electron chi connectivity index (χ4n) is 4.95. The Bertz CT molecular complexity index is 1670. The first-order valence-corrected chi connectivity index (χ1v) is 14.2. The Morgan fingerprint density at radius 3 is 2.23 bits per heavy atom. The number of esters is 1. The maximum absolute atomic E-state index is 13.1. The summed E-state index contributed by atoms with van der Waals surface area (Å²) in [5.74, 6) is -0.634. The van der Waals surface area contributed by atoms with Crippen LogP contribution < -0.4 is 15.1 Å². The highest BCUT2D eigenvalue weighted by Gasteiger charge is 2.39.